The first-order valence-electron chi connectivity index (χ1n) is 10.8. The molecule has 4 aromatic rings. The first-order chi connectivity index (χ1) is 15.6. The van der Waals surface area contributed by atoms with Gasteiger partial charge in [0, 0.05) is 39.8 Å². The predicted molar refractivity (Wildman–Crippen MR) is 131 cm³/mol. The van der Waals surface area contributed by atoms with Crippen LogP contribution in [0.5, 0.6) is 0 Å². The molecule has 3 aromatic carbocycles. The van der Waals surface area contributed by atoms with Crippen LogP contribution >= 0.6 is 11.3 Å². The van der Waals surface area contributed by atoms with Gasteiger partial charge in [0.2, 0.25) is 5.91 Å². The summed E-state index contributed by atoms with van der Waals surface area (Å²) < 4.78 is 1.11. The quantitative estimate of drug-likeness (QED) is 0.368. The van der Waals surface area contributed by atoms with Gasteiger partial charge in [0.15, 0.2) is 0 Å². The maximum atomic E-state index is 13.8. The van der Waals surface area contributed by atoms with Crippen LogP contribution < -0.4 is 9.80 Å². The smallest absolute Gasteiger partial charge is 0.260 e. The first kappa shape index (κ1) is 20.5. The fourth-order valence-electron chi connectivity index (χ4n) is 4.78. The third kappa shape index (κ3) is 3.39. The Morgan fingerprint density at radius 2 is 1.62 bits per heavy atom. The minimum atomic E-state index is -0.135. The number of carbonyl (C=O) groups excluding carboxylic acids is 2. The van der Waals surface area contributed by atoms with Gasteiger partial charge in [-0.2, -0.15) is 0 Å². The molecule has 2 unspecified atom stereocenters. The lowest BCUT2D eigenvalue weighted by atomic mass is 9.89. The number of amides is 2. The summed E-state index contributed by atoms with van der Waals surface area (Å²) in [5.41, 5.74) is 3.48. The molecule has 1 aromatic heterocycles. The molecule has 0 radical (unpaired) electrons. The molecule has 1 aliphatic heterocycles. The van der Waals surface area contributed by atoms with E-state index in [1.807, 2.05) is 94.0 Å². The number of hydrogen-bond donors (Lipinski definition) is 0. The van der Waals surface area contributed by atoms with Gasteiger partial charge in [-0.1, -0.05) is 54.6 Å². The summed E-state index contributed by atoms with van der Waals surface area (Å²) in [7, 11) is 0. The number of para-hydroxylation sites is 2. The first-order valence-corrected chi connectivity index (χ1v) is 11.7. The zero-order valence-corrected chi connectivity index (χ0v) is 18.9. The Bertz CT molecular complexity index is 1300. The number of fused-ring (bicyclic) bond motifs is 2. The van der Waals surface area contributed by atoms with E-state index in [4.69, 9.17) is 0 Å². The summed E-state index contributed by atoms with van der Waals surface area (Å²) in [4.78, 5) is 30.3. The highest BCUT2D eigenvalue weighted by atomic mass is 32.1. The standard InChI is InChI=1S/C27H24N2O2S/c1-18-16-25(29(19(2)30)20-10-4-3-5-11-20)22-13-6-8-14-24(22)28(18)27(31)23-17-32-26-15-9-7-12-21(23)26/h3-15,17-18,25H,16H2,1-2H3. The van der Waals surface area contributed by atoms with Crippen molar-refractivity contribution in [3.63, 3.8) is 0 Å². The number of nitrogens with zero attached hydrogens (tertiary/aromatic N) is 2. The van der Waals surface area contributed by atoms with Crippen molar-refractivity contribution < 1.29 is 9.59 Å². The summed E-state index contributed by atoms with van der Waals surface area (Å²) in [5, 5.41) is 2.95. The van der Waals surface area contributed by atoms with Crippen molar-refractivity contribution in [1.29, 1.82) is 0 Å². The summed E-state index contributed by atoms with van der Waals surface area (Å²) >= 11 is 1.60. The highest BCUT2D eigenvalue weighted by Gasteiger charge is 2.38. The van der Waals surface area contributed by atoms with E-state index in [-0.39, 0.29) is 23.9 Å². The van der Waals surface area contributed by atoms with Crippen LogP contribution in [-0.4, -0.2) is 17.9 Å². The lowest BCUT2D eigenvalue weighted by Crippen LogP contribution is -2.47. The average Bonchev–Trinajstić information content (AvgIpc) is 3.24. The summed E-state index contributed by atoms with van der Waals surface area (Å²) in [6, 6.07) is 25.6. The Morgan fingerprint density at radius 1 is 0.938 bits per heavy atom. The van der Waals surface area contributed by atoms with Gasteiger partial charge in [0.05, 0.1) is 11.6 Å². The Hall–Kier alpha value is -3.44. The maximum Gasteiger partial charge on any atom is 0.260 e. The van der Waals surface area contributed by atoms with Crippen molar-refractivity contribution in [3.8, 4) is 0 Å². The molecule has 160 valence electrons. The van der Waals surface area contributed by atoms with Crippen LogP contribution in [0.25, 0.3) is 10.1 Å². The Labute approximate surface area is 191 Å². The molecular weight excluding hydrogens is 416 g/mol. The maximum absolute atomic E-state index is 13.8. The number of anilines is 2. The van der Waals surface area contributed by atoms with Crippen molar-refractivity contribution in [2.75, 3.05) is 9.80 Å². The summed E-state index contributed by atoms with van der Waals surface area (Å²) in [5.74, 6) is 0.00162. The second-order valence-corrected chi connectivity index (χ2v) is 9.12. The third-order valence-corrected chi connectivity index (χ3v) is 7.14. The number of benzene rings is 3. The molecular formula is C27H24N2O2S. The predicted octanol–water partition coefficient (Wildman–Crippen LogP) is 6.43. The number of carbonyl (C=O) groups is 2. The van der Waals surface area contributed by atoms with Crippen molar-refractivity contribution in [2.45, 2.75) is 32.4 Å². The summed E-state index contributed by atoms with van der Waals surface area (Å²) in [6.45, 7) is 3.67. The Kier molecular flexibility index (Phi) is 5.27. The van der Waals surface area contributed by atoms with Crippen LogP contribution in [0.2, 0.25) is 0 Å². The second kappa shape index (κ2) is 8.24. The topological polar surface area (TPSA) is 40.6 Å². The SMILES string of the molecule is CC(=O)N(c1ccccc1)C1CC(C)N(C(=O)c2csc3ccccc23)c2ccccc21. The molecule has 1 aliphatic rings. The lowest BCUT2D eigenvalue weighted by molar-refractivity contribution is -0.117. The van der Waals surface area contributed by atoms with Gasteiger partial charge in [0.25, 0.3) is 5.91 Å². The van der Waals surface area contributed by atoms with Crippen LogP contribution in [0.15, 0.2) is 84.2 Å². The molecule has 0 saturated carbocycles. The normalized spacial score (nSPS) is 17.8. The van der Waals surface area contributed by atoms with Gasteiger partial charge in [-0.15, -0.1) is 11.3 Å². The molecule has 0 spiro atoms. The van der Waals surface area contributed by atoms with Gasteiger partial charge >= 0.3 is 0 Å². The van der Waals surface area contributed by atoms with Gasteiger partial charge in [-0.05, 0) is 43.2 Å². The molecule has 0 aliphatic carbocycles. The van der Waals surface area contributed by atoms with Crippen LogP contribution in [0, 0.1) is 0 Å². The highest BCUT2D eigenvalue weighted by molar-refractivity contribution is 7.17. The van der Waals surface area contributed by atoms with Crippen LogP contribution in [0.4, 0.5) is 11.4 Å². The number of rotatable bonds is 3. The van der Waals surface area contributed by atoms with Crippen molar-refractivity contribution in [3.05, 3.63) is 95.4 Å². The molecule has 5 rings (SSSR count). The van der Waals surface area contributed by atoms with E-state index < -0.39 is 0 Å². The average molecular weight is 441 g/mol. The van der Waals surface area contributed by atoms with E-state index in [9.17, 15) is 9.59 Å². The zero-order chi connectivity index (χ0) is 22.2. The van der Waals surface area contributed by atoms with Gasteiger partial charge in [-0.25, -0.2) is 0 Å². The molecule has 5 heteroatoms. The van der Waals surface area contributed by atoms with E-state index in [1.165, 1.54) is 0 Å². The minimum absolute atomic E-state index is 0.00758. The van der Waals surface area contributed by atoms with Gasteiger partial charge < -0.3 is 9.80 Å². The van der Waals surface area contributed by atoms with E-state index in [2.05, 4.69) is 6.92 Å². The third-order valence-electron chi connectivity index (χ3n) is 6.18. The number of thiophene rings is 1. The van der Waals surface area contributed by atoms with Crippen molar-refractivity contribution in [1.82, 2.24) is 0 Å². The Morgan fingerprint density at radius 3 is 2.41 bits per heavy atom. The van der Waals surface area contributed by atoms with Gasteiger partial charge in [0.1, 0.15) is 0 Å². The largest absolute Gasteiger partial charge is 0.305 e. The van der Waals surface area contributed by atoms with Crippen LogP contribution in [0.3, 0.4) is 0 Å². The highest BCUT2D eigenvalue weighted by Crippen LogP contribution is 2.43. The monoisotopic (exact) mass is 440 g/mol. The fourth-order valence-corrected chi connectivity index (χ4v) is 5.71. The van der Waals surface area contributed by atoms with E-state index >= 15 is 0 Å². The van der Waals surface area contributed by atoms with Crippen molar-refractivity contribution in [2.24, 2.45) is 0 Å². The molecule has 2 atom stereocenters. The van der Waals surface area contributed by atoms with Crippen LogP contribution in [-0.2, 0) is 4.79 Å². The van der Waals surface area contributed by atoms with Crippen molar-refractivity contribution >= 4 is 44.6 Å². The Balaban J connectivity index is 1.59. The summed E-state index contributed by atoms with van der Waals surface area (Å²) in [6.07, 6.45) is 0.666. The zero-order valence-electron chi connectivity index (χ0n) is 18.1. The minimum Gasteiger partial charge on any atom is -0.305 e. The molecule has 2 amide bonds. The molecule has 0 fully saturated rings. The van der Waals surface area contributed by atoms with E-state index in [0.29, 0.717) is 6.42 Å². The number of hydrogen-bond acceptors (Lipinski definition) is 3. The fraction of sp³-hybridized carbons (Fsp3) is 0.185. The molecule has 2 heterocycles. The molecule has 0 bridgehead atoms. The molecule has 0 saturated heterocycles. The lowest BCUT2D eigenvalue weighted by Gasteiger charge is -2.43. The second-order valence-electron chi connectivity index (χ2n) is 8.20. The molecule has 4 nitrogen and oxygen atoms in total. The molecule has 32 heavy (non-hydrogen) atoms. The van der Waals surface area contributed by atoms with E-state index in [0.717, 1.165) is 32.6 Å². The molecule has 0 N–H and O–H groups in total. The van der Waals surface area contributed by atoms with E-state index in [1.54, 1.807) is 18.3 Å². The van der Waals surface area contributed by atoms with Gasteiger partial charge in [-0.3, -0.25) is 9.59 Å². The van der Waals surface area contributed by atoms with Crippen LogP contribution in [0.1, 0.15) is 42.2 Å².